The Morgan fingerprint density at radius 1 is 1.29 bits per heavy atom. The monoisotopic (exact) mass is 290 g/mol. The van der Waals surface area contributed by atoms with Gasteiger partial charge >= 0.3 is 6.09 Å². The summed E-state index contributed by atoms with van der Waals surface area (Å²) in [6.45, 7) is 0. The SMILES string of the molecule is COc1cc(OC)nc(Cc2cccnc2NC(=O)O)n1. The molecular formula is C13H14N4O4. The Hall–Kier alpha value is -2.90. The van der Waals surface area contributed by atoms with Crippen molar-refractivity contribution in [1.82, 2.24) is 15.0 Å². The van der Waals surface area contributed by atoms with E-state index < -0.39 is 6.09 Å². The lowest BCUT2D eigenvalue weighted by Gasteiger charge is -2.09. The van der Waals surface area contributed by atoms with Crippen LogP contribution in [0.5, 0.6) is 11.8 Å². The van der Waals surface area contributed by atoms with Gasteiger partial charge in [-0.3, -0.25) is 5.32 Å². The Kier molecular flexibility index (Phi) is 4.50. The molecule has 0 radical (unpaired) electrons. The lowest BCUT2D eigenvalue weighted by molar-refractivity contribution is 0.209. The molecule has 2 heterocycles. The van der Waals surface area contributed by atoms with Crippen molar-refractivity contribution >= 4 is 11.9 Å². The Labute approximate surface area is 120 Å². The van der Waals surface area contributed by atoms with Gasteiger partial charge in [-0.25, -0.2) is 9.78 Å². The van der Waals surface area contributed by atoms with Crippen molar-refractivity contribution in [2.45, 2.75) is 6.42 Å². The summed E-state index contributed by atoms with van der Waals surface area (Å²) >= 11 is 0. The number of carbonyl (C=O) groups is 1. The molecule has 0 aliphatic rings. The van der Waals surface area contributed by atoms with Crippen LogP contribution in [0.1, 0.15) is 11.4 Å². The highest BCUT2D eigenvalue weighted by Crippen LogP contribution is 2.19. The smallest absolute Gasteiger partial charge is 0.410 e. The molecule has 0 fully saturated rings. The van der Waals surface area contributed by atoms with E-state index in [9.17, 15) is 4.79 Å². The second-order valence-corrected chi connectivity index (χ2v) is 3.99. The number of pyridine rings is 1. The van der Waals surface area contributed by atoms with E-state index in [4.69, 9.17) is 14.6 Å². The molecule has 21 heavy (non-hydrogen) atoms. The summed E-state index contributed by atoms with van der Waals surface area (Å²) < 4.78 is 10.1. The zero-order valence-electron chi connectivity index (χ0n) is 11.5. The van der Waals surface area contributed by atoms with Gasteiger partial charge in [0.1, 0.15) is 11.6 Å². The van der Waals surface area contributed by atoms with Gasteiger partial charge in [0.2, 0.25) is 11.8 Å². The van der Waals surface area contributed by atoms with Gasteiger partial charge in [-0.05, 0) is 6.07 Å². The zero-order valence-corrected chi connectivity index (χ0v) is 11.5. The van der Waals surface area contributed by atoms with Crippen LogP contribution in [-0.2, 0) is 6.42 Å². The van der Waals surface area contributed by atoms with Crippen LogP contribution >= 0.6 is 0 Å². The molecule has 8 nitrogen and oxygen atoms in total. The van der Waals surface area contributed by atoms with Crippen molar-refractivity contribution in [2.24, 2.45) is 0 Å². The summed E-state index contributed by atoms with van der Waals surface area (Å²) in [6, 6.07) is 5.01. The summed E-state index contributed by atoms with van der Waals surface area (Å²) in [5, 5.41) is 11.0. The van der Waals surface area contributed by atoms with Gasteiger partial charge in [-0.1, -0.05) is 6.07 Å². The van der Waals surface area contributed by atoms with E-state index in [1.54, 1.807) is 18.2 Å². The molecule has 0 spiro atoms. The normalized spacial score (nSPS) is 10.0. The summed E-state index contributed by atoms with van der Waals surface area (Å²) in [7, 11) is 2.99. The van der Waals surface area contributed by atoms with Crippen LogP contribution < -0.4 is 14.8 Å². The van der Waals surface area contributed by atoms with E-state index in [-0.39, 0.29) is 12.2 Å². The van der Waals surface area contributed by atoms with Gasteiger partial charge in [-0.15, -0.1) is 0 Å². The molecule has 0 bridgehead atoms. The lowest BCUT2D eigenvalue weighted by atomic mass is 10.2. The first-order valence-corrected chi connectivity index (χ1v) is 6.02. The van der Waals surface area contributed by atoms with Gasteiger partial charge < -0.3 is 14.6 Å². The average Bonchev–Trinajstić information content (AvgIpc) is 2.48. The molecular weight excluding hydrogens is 276 g/mol. The van der Waals surface area contributed by atoms with Crippen molar-refractivity contribution < 1.29 is 19.4 Å². The number of methoxy groups -OCH3 is 2. The molecule has 2 aromatic heterocycles. The van der Waals surface area contributed by atoms with Crippen LogP contribution in [0.2, 0.25) is 0 Å². The Morgan fingerprint density at radius 3 is 2.52 bits per heavy atom. The maximum Gasteiger partial charge on any atom is 0.410 e. The number of aromatic nitrogens is 3. The molecule has 0 aromatic carbocycles. The molecule has 0 saturated heterocycles. The fourth-order valence-electron chi connectivity index (χ4n) is 1.70. The highest BCUT2D eigenvalue weighted by Gasteiger charge is 2.11. The van der Waals surface area contributed by atoms with Crippen LogP contribution in [0, 0.1) is 0 Å². The largest absolute Gasteiger partial charge is 0.481 e. The number of carboxylic acid groups (broad SMARTS) is 1. The zero-order chi connectivity index (χ0) is 15.2. The number of nitrogens with zero attached hydrogens (tertiary/aromatic N) is 3. The lowest BCUT2D eigenvalue weighted by Crippen LogP contribution is -2.11. The van der Waals surface area contributed by atoms with Crippen molar-refractivity contribution in [1.29, 1.82) is 0 Å². The first-order chi connectivity index (χ1) is 10.1. The summed E-state index contributed by atoms with van der Waals surface area (Å²) in [5.41, 5.74) is 0.648. The van der Waals surface area contributed by atoms with Crippen molar-refractivity contribution in [2.75, 3.05) is 19.5 Å². The van der Waals surface area contributed by atoms with Crippen LogP contribution in [0.3, 0.4) is 0 Å². The van der Waals surface area contributed by atoms with E-state index in [2.05, 4.69) is 20.3 Å². The van der Waals surface area contributed by atoms with E-state index in [1.165, 1.54) is 20.4 Å². The molecule has 0 saturated carbocycles. The predicted octanol–water partition coefficient (Wildman–Crippen LogP) is 1.57. The Morgan fingerprint density at radius 2 is 1.95 bits per heavy atom. The quantitative estimate of drug-likeness (QED) is 0.860. The Bertz CT molecular complexity index is 626. The number of hydrogen-bond acceptors (Lipinski definition) is 6. The first kappa shape index (κ1) is 14.5. The third-order valence-corrected chi connectivity index (χ3v) is 2.61. The van der Waals surface area contributed by atoms with Gasteiger partial charge in [0.05, 0.1) is 20.3 Å². The first-order valence-electron chi connectivity index (χ1n) is 6.02. The number of rotatable bonds is 5. The van der Waals surface area contributed by atoms with Crippen LogP contribution in [0.15, 0.2) is 24.4 Å². The van der Waals surface area contributed by atoms with Crippen LogP contribution in [0.25, 0.3) is 0 Å². The van der Waals surface area contributed by atoms with Crippen molar-refractivity contribution in [3.05, 3.63) is 35.8 Å². The van der Waals surface area contributed by atoms with Gasteiger partial charge in [0.25, 0.3) is 0 Å². The number of anilines is 1. The summed E-state index contributed by atoms with van der Waals surface area (Å²) in [6.07, 6.45) is 0.609. The maximum atomic E-state index is 10.8. The van der Waals surface area contributed by atoms with Gasteiger partial charge in [-0.2, -0.15) is 9.97 Å². The Balaban J connectivity index is 2.31. The molecule has 0 atom stereocenters. The molecule has 1 amide bonds. The third-order valence-electron chi connectivity index (χ3n) is 2.61. The minimum atomic E-state index is -1.18. The number of ether oxygens (including phenoxy) is 2. The fraction of sp³-hybridized carbons (Fsp3) is 0.231. The minimum Gasteiger partial charge on any atom is -0.481 e. The molecule has 0 unspecified atom stereocenters. The van der Waals surface area contributed by atoms with Crippen LogP contribution in [0.4, 0.5) is 10.6 Å². The standard InChI is InChI=1S/C13H14N4O4/c1-20-10-7-11(21-2)16-9(15-10)6-8-4-3-5-14-12(8)17-13(18)19/h3-5,7H,6H2,1-2H3,(H,14,17)(H,18,19). The number of hydrogen-bond donors (Lipinski definition) is 2. The molecule has 0 aliphatic heterocycles. The number of amides is 1. The molecule has 2 N–H and O–H groups in total. The van der Waals surface area contributed by atoms with E-state index in [0.29, 0.717) is 23.1 Å². The predicted molar refractivity (Wildman–Crippen MR) is 73.8 cm³/mol. The molecule has 2 rings (SSSR count). The average molecular weight is 290 g/mol. The fourth-order valence-corrected chi connectivity index (χ4v) is 1.70. The molecule has 0 aliphatic carbocycles. The van der Waals surface area contributed by atoms with E-state index >= 15 is 0 Å². The second-order valence-electron chi connectivity index (χ2n) is 3.99. The summed E-state index contributed by atoms with van der Waals surface area (Å²) in [5.74, 6) is 1.42. The van der Waals surface area contributed by atoms with E-state index in [0.717, 1.165) is 0 Å². The highest BCUT2D eigenvalue weighted by molar-refractivity contribution is 5.82. The third kappa shape index (κ3) is 3.78. The second kappa shape index (κ2) is 6.51. The number of nitrogens with one attached hydrogen (secondary N) is 1. The van der Waals surface area contributed by atoms with Crippen molar-refractivity contribution in [3.8, 4) is 11.8 Å². The molecule has 8 heteroatoms. The molecule has 2 aromatic rings. The van der Waals surface area contributed by atoms with Crippen molar-refractivity contribution in [3.63, 3.8) is 0 Å². The maximum absolute atomic E-state index is 10.8. The van der Waals surface area contributed by atoms with Gasteiger partial charge in [0, 0.05) is 18.2 Å². The summed E-state index contributed by atoms with van der Waals surface area (Å²) in [4.78, 5) is 23.1. The minimum absolute atomic E-state index is 0.246. The molecule has 110 valence electrons. The van der Waals surface area contributed by atoms with Crippen LogP contribution in [-0.4, -0.2) is 40.4 Å². The topological polar surface area (TPSA) is 106 Å². The van der Waals surface area contributed by atoms with E-state index in [1.807, 2.05) is 0 Å². The van der Waals surface area contributed by atoms with Gasteiger partial charge in [0.15, 0.2) is 0 Å². The highest BCUT2D eigenvalue weighted by atomic mass is 16.5.